The third-order valence-electron chi connectivity index (χ3n) is 8.28. The Morgan fingerprint density at radius 3 is 1.35 bits per heavy atom. The summed E-state index contributed by atoms with van der Waals surface area (Å²) in [4.78, 5) is 12.1. The number of carbonyl (C=O) groups excluding carboxylic acids is 1. The van der Waals surface area contributed by atoms with Crippen LogP contribution < -0.4 is 10.1 Å². The Kier molecular flexibility index (Phi) is 32.3. The van der Waals surface area contributed by atoms with E-state index in [0.29, 0.717) is 118 Å². The van der Waals surface area contributed by atoms with Gasteiger partial charge in [-0.1, -0.05) is 64.5 Å². The molecule has 0 aromatic heterocycles. The molecule has 2 aromatic carbocycles. The Hall–Kier alpha value is -2.81. The highest BCUT2D eigenvalue weighted by Gasteiger charge is 2.07. The van der Waals surface area contributed by atoms with Crippen LogP contribution in [0.2, 0.25) is 0 Å². The number of hydrogen-bond donors (Lipinski definition) is 1. The molecule has 0 atom stereocenters. The summed E-state index contributed by atoms with van der Waals surface area (Å²) >= 11 is 0. The zero-order valence-electron chi connectivity index (χ0n) is 33.9. The van der Waals surface area contributed by atoms with Gasteiger partial charge < -0.3 is 52.7 Å². The first-order valence-corrected chi connectivity index (χ1v) is 20.6. The van der Waals surface area contributed by atoms with E-state index in [2.05, 4.69) is 31.3 Å². The van der Waals surface area contributed by atoms with E-state index in [0.717, 1.165) is 37.2 Å². The molecule has 12 nitrogen and oxygen atoms in total. The molecule has 2 rings (SSSR count). The number of benzene rings is 2. The van der Waals surface area contributed by atoms with Gasteiger partial charge in [-0.05, 0) is 61.2 Å². The molecule has 314 valence electrons. The van der Waals surface area contributed by atoms with Gasteiger partial charge in [0.05, 0.1) is 111 Å². The summed E-state index contributed by atoms with van der Waals surface area (Å²) in [7, 11) is 0. The topological polar surface area (TPSA) is 121 Å². The van der Waals surface area contributed by atoms with Gasteiger partial charge in [0.1, 0.15) is 19.0 Å². The van der Waals surface area contributed by atoms with Crippen LogP contribution in [-0.2, 0) is 49.1 Å². The van der Waals surface area contributed by atoms with Crippen molar-refractivity contribution >= 4 is 11.7 Å². The SMILES string of the molecule is CCCCCCCCc1ccc(OCCOCCOCCOCCOCCOCCOCCOCCOCCOC(=O)c2ccc(NCCCC)cc2)cc1. The van der Waals surface area contributed by atoms with Crippen molar-refractivity contribution in [3.63, 3.8) is 0 Å². The van der Waals surface area contributed by atoms with E-state index in [1.54, 1.807) is 12.1 Å². The van der Waals surface area contributed by atoms with Gasteiger partial charge in [0, 0.05) is 12.2 Å². The summed E-state index contributed by atoms with van der Waals surface area (Å²) in [5, 5.41) is 3.32. The lowest BCUT2D eigenvalue weighted by Crippen LogP contribution is -2.15. The first-order valence-electron chi connectivity index (χ1n) is 20.6. The van der Waals surface area contributed by atoms with Crippen LogP contribution in [0, 0.1) is 0 Å². The number of nitrogens with one attached hydrogen (secondary N) is 1. The maximum Gasteiger partial charge on any atom is 0.338 e. The van der Waals surface area contributed by atoms with Crippen LogP contribution in [-0.4, -0.2) is 131 Å². The van der Waals surface area contributed by atoms with Gasteiger partial charge in [-0.2, -0.15) is 0 Å². The van der Waals surface area contributed by atoms with E-state index in [4.69, 9.17) is 47.4 Å². The van der Waals surface area contributed by atoms with Crippen molar-refractivity contribution < 1.29 is 52.2 Å². The predicted molar refractivity (Wildman–Crippen MR) is 216 cm³/mol. The highest BCUT2D eigenvalue weighted by atomic mass is 16.6. The summed E-state index contributed by atoms with van der Waals surface area (Å²) in [6.45, 7) is 13.7. The van der Waals surface area contributed by atoms with Gasteiger partial charge >= 0.3 is 5.97 Å². The average molecular weight is 778 g/mol. The monoisotopic (exact) mass is 778 g/mol. The minimum atomic E-state index is -0.359. The van der Waals surface area contributed by atoms with Crippen molar-refractivity contribution in [2.75, 3.05) is 131 Å². The predicted octanol–water partition coefficient (Wildman–Crippen LogP) is 7.17. The normalized spacial score (nSPS) is 11.2. The van der Waals surface area contributed by atoms with Crippen LogP contribution in [0.15, 0.2) is 48.5 Å². The molecule has 2 aromatic rings. The lowest BCUT2D eigenvalue weighted by atomic mass is 10.0. The molecule has 0 saturated carbocycles. The third-order valence-corrected chi connectivity index (χ3v) is 8.28. The summed E-state index contributed by atoms with van der Waals surface area (Å²) in [6, 6.07) is 15.7. The zero-order valence-corrected chi connectivity index (χ0v) is 33.9. The zero-order chi connectivity index (χ0) is 39.1. The van der Waals surface area contributed by atoms with Crippen molar-refractivity contribution in [3.8, 4) is 5.75 Å². The fourth-order valence-corrected chi connectivity index (χ4v) is 5.13. The van der Waals surface area contributed by atoms with Gasteiger partial charge in [0.25, 0.3) is 0 Å². The van der Waals surface area contributed by atoms with Crippen molar-refractivity contribution in [1.29, 1.82) is 0 Å². The summed E-state index contributed by atoms with van der Waals surface area (Å²) in [5.74, 6) is 0.523. The second-order valence-corrected chi connectivity index (χ2v) is 12.9. The first-order chi connectivity index (χ1) is 27.2. The van der Waals surface area contributed by atoms with Crippen molar-refractivity contribution in [3.05, 3.63) is 59.7 Å². The highest BCUT2D eigenvalue weighted by Crippen LogP contribution is 2.15. The maximum absolute atomic E-state index is 12.1. The van der Waals surface area contributed by atoms with Crippen LogP contribution >= 0.6 is 0 Å². The number of carbonyl (C=O) groups is 1. The molecule has 0 fully saturated rings. The molecule has 0 aliphatic rings. The van der Waals surface area contributed by atoms with Crippen LogP contribution in [0.25, 0.3) is 0 Å². The molecule has 0 unspecified atom stereocenters. The molecular formula is C43H71NO11. The number of anilines is 1. The number of ether oxygens (including phenoxy) is 10. The number of esters is 1. The highest BCUT2D eigenvalue weighted by molar-refractivity contribution is 5.89. The van der Waals surface area contributed by atoms with Gasteiger partial charge in [-0.25, -0.2) is 4.79 Å². The molecule has 0 heterocycles. The standard InChI is InChI=1S/C43H71NO11/c1-3-5-7-8-9-10-11-39-12-18-42(19-13-39)54-37-35-52-33-31-50-29-27-48-25-23-46-21-22-47-24-26-49-28-30-51-32-34-53-36-38-55-43(45)40-14-16-41(17-15-40)44-20-6-4-2/h12-19,44H,3-11,20-38H2,1-2H3. The number of unbranched alkanes of at least 4 members (excludes halogenated alkanes) is 6. The summed E-state index contributed by atoms with van der Waals surface area (Å²) in [6.07, 6.45) is 11.3. The third kappa shape index (κ3) is 29.1. The minimum absolute atomic E-state index is 0.192. The Morgan fingerprint density at radius 1 is 0.455 bits per heavy atom. The van der Waals surface area contributed by atoms with Crippen LogP contribution in [0.3, 0.4) is 0 Å². The Balaban J connectivity index is 1.21. The Morgan fingerprint density at radius 2 is 0.873 bits per heavy atom. The van der Waals surface area contributed by atoms with Gasteiger partial charge in [-0.15, -0.1) is 0 Å². The molecular weight excluding hydrogens is 706 g/mol. The average Bonchev–Trinajstić information content (AvgIpc) is 3.21. The van der Waals surface area contributed by atoms with Gasteiger partial charge in [-0.3, -0.25) is 0 Å². The maximum atomic E-state index is 12.1. The molecule has 0 aliphatic carbocycles. The van der Waals surface area contributed by atoms with Crippen LogP contribution in [0.5, 0.6) is 5.75 Å². The van der Waals surface area contributed by atoms with Crippen LogP contribution in [0.4, 0.5) is 5.69 Å². The van der Waals surface area contributed by atoms with Crippen molar-refractivity contribution in [2.24, 2.45) is 0 Å². The second-order valence-electron chi connectivity index (χ2n) is 12.9. The van der Waals surface area contributed by atoms with Crippen molar-refractivity contribution in [1.82, 2.24) is 0 Å². The fourth-order valence-electron chi connectivity index (χ4n) is 5.13. The molecule has 0 amide bonds. The van der Waals surface area contributed by atoms with Gasteiger partial charge in [0.2, 0.25) is 0 Å². The molecule has 55 heavy (non-hydrogen) atoms. The number of aryl methyl sites for hydroxylation is 1. The molecule has 0 spiro atoms. The van der Waals surface area contributed by atoms with E-state index in [-0.39, 0.29) is 12.6 Å². The molecule has 12 heteroatoms. The number of hydrogen-bond acceptors (Lipinski definition) is 12. The van der Waals surface area contributed by atoms with E-state index < -0.39 is 0 Å². The molecule has 1 N–H and O–H groups in total. The second kappa shape index (κ2) is 36.8. The summed E-state index contributed by atoms with van der Waals surface area (Å²) < 4.78 is 55.2. The largest absolute Gasteiger partial charge is 0.491 e. The van der Waals surface area contributed by atoms with E-state index >= 15 is 0 Å². The minimum Gasteiger partial charge on any atom is -0.491 e. The Labute approximate surface area is 331 Å². The molecule has 0 saturated heterocycles. The smallest absolute Gasteiger partial charge is 0.338 e. The fraction of sp³-hybridized carbons (Fsp3) is 0.698. The Bertz CT molecular complexity index is 1120. The van der Waals surface area contributed by atoms with Crippen molar-refractivity contribution in [2.45, 2.75) is 71.6 Å². The first kappa shape index (κ1) is 48.3. The van der Waals surface area contributed by atoms with E-state index in [9.17, 15) is 4.79 Å². The van der Waals surface area contributed by atoms with Gasteiger partial charge in [0.15, 0.2) is 0 Å². The molecule has 0 bridgehead atoms. The summed E-state index contributed by atoms with van der Waals surface area (Å²) in [5.41, 5.74) is 2.89. The number of rotatable bonds is 40. The lowest BCUT2D eigenvalue weighted by molar-refractivity contribution is -0.0247. The lowest BCUT2D eigenvalue weighted by Gasteiger charge is -2.09. The van der Waals surface area contributed by atoms with E-state index in [1.807, 2.05) is 24.3 Å². The molecule has 0 radical (unpaired) electrons. The van der Waals surface area contributed by atoms with Crippen LogP contribution in [0.1, 0.15) is 81.1 Å². The molecule has 0 aliphatic heterocycles. The van der Waals surface area contributed by atoms with E-state index in [1.165, 1.54) is 44.1 Å². The quantitative estimate of drug-likeness (QED) is 0.0546.